The van der Waals surface area contributed by atoms with Gasteiger partial charge in [0.15, 0.2) is 0 Å². The molecule has 2 N–H and O–H groups in total. The van der Waals surface area contributed by atoms with Crippen molar-refractivity contribution in [1.82, 2.24) is 4.90 Å². The van der Waals surface area contributed by atoms with Gasteiger partial charge >= 0.3 is 0 Å². The van der Waals surface area contributed by atoms with Crippen molar-refractivity contribution in [1.29, 1.82) is 0 Å². The van der Waals surface area contributed by atoms with E-state index in [9.17, 15) is 9.59 Å². The lowest BCUT2D eigenvalue weighted by molar-refractivity contribution is -0.140. The molecule has 0 radical (unpaired) electrons. The van der Waals surface area contributed by atoms with Gasteiger partial charge in [-0.3, -0.25) is 9.59 Å². The van der Waals surface area contributed by atoms with Crippen LogP contribution in [0.3, 0.4) is 0 Å². The number of halogens is 1. The van der Waals surface area contributed by atoms with Crippen molar-refractivity contribution in [3.63, 3.8) is 0 Å². The van der Waals surface area contributed by atoms with Crippen LogP contribution in [0.4, 0.5) is 5.69 Å². The standard InChI is InChI=1S/C17H22BrN3O2/c1-11-7-12(9-19)10-21(11)17(23)15-5-6-20(16(15)22)14-4-2-3-13(18)8-14/h2-4,8,11-12,15H,5-7,9-10,19H2,1H3. The van der Waals surface area contributed by atoms with Crippen molar-refractivity contribution in [3.8, 4) is 0 Å². The molecule has 2 heterocycles. The molecule has 1 aromatic rings. The number of likely N-dealkylation sites (tertiary alicyclic amines) is 1. The molecular formula is C17H22BrN3O2. The first-order valence-electron chi connectivity index (χ1n) is 8.08. The summed E-state index contributed by atoms with van der Waals surface area (Å²) in [7, 11) is 0. The molecule has 124 valence electrons. The second-order valence-corrected chi connectivity index (χ2v) is 7.40. The highest BCUT2D eigenvalue weighted by molar-refractivity contribution is 9.10. The summed E-state index contributed by atoms with van der Waals surface area (Å²) in [5.41, 5.74) is 6.58. The minimum atomic E-state index is -0.548. The molecule has 0 aliphatic carbocycles. The van der Waals surface area contributed by atoms with Gasteiger partial charge in [-0.15, -0.1) is 0 Å². The zero-order valence-corrected chi connectivity index (χ0v) is 14.8. The van der Waals surface area contributed by atoms with Crippen molar-refractivity contribution in [2.75, 3.05) is 24.5 Å². The van der Waals surface area contributed by atoms with Crippen LogP contribution in [0, 0.1) is 11.8 Å². The molecule has 3 atom stereocenters. The molecule has 2 fully saturated rings. The molecule has 3 rings (SSSR count). The van der Waals surface area contributed by atoms with Gasteiger partial charge in [-0.25, -0.2) is 0 Å². The zero-order chi connectivity index (χ0) is 16.6. The highest BCUT2D eigenvalue weighted by Crippen LogP contribution is 2.31. The molecule has 0 bridgehead atoms. The van der Waals surface area contributed by atoms with Crippen LogP contribution in [-0.4, -0.2) is 42.4 Å². The molecule has 0 aromatic heterocycles. The lowest BCUT2D eigenvalue weighted by atomic mass is 10.1. The van der Waals surface area contributed by atoms with Crippen LogP contribution in [0.15, 0.2) is 28.7 Å². The average molecular weight is 380 g/mol. The third-order valence-corrected chi connectivity index (χ3v) is 5.39. The second kappa shape index (κ2) is 6.61. The van der Waals surface area contributed by atoms with Crippen LogP contribution in [-0.2, 0) is 9.59 Å². The van der Waals surface area contributed by atoms with Gasteiger partial charge in [0.05, 0.1) is 0 Å². The predicted molar refractivity (Wildman–Crippen MR) is 92.9 cm³/mol. The van der Waals surface area contributed by atoms with E-state index in [1.807, 2.05) is 36.1 Å². The molecule has 6 heteroatoms. The first kappa shape index (κ1) is 16.5. The van der Waals surface area contributed by atoms with E-state index in [1.54, 1.807) is 4.90 Å². The van der Waals surface area contributed by atoms with Crippen molar-refractivity contribution in [2.45, 2.75) is 25.8 Å². The topological polar surface area (TPSA) is 66.6 Å². The van der Waals surface area contributed by atoms with E-state index in [2.05, 4.69) is 15.9 Å². The van der Waals surface area contributed by atoms with Gasteiger partial charge < -0.3 is 15.5 Å². The van der Waals surface area contributed by atoms with Gasteiger partial charge in [0.1, 0.15) is 5.92 Å². The molecule has 1 aromatic carbocycles. The number of nitrogens with two attached hydrogens (primary N) is 1. The van der Waals surface area contributed by atoms with Crippen LogP contribution in [0.5, 0.6) is 0 Å². The number of hydrogen-bond donors (Lipinski definition) is 1. The first-order valence-corrected chi connectivity index (χ1v) is 8.88. The van der Waals surface area contributed by atoms with E-state index >= 15 is 0 Å². The van der Waals surface area contributed by atoms with Gasteiger partial charge in [-0.05, 0) is 50.4 Å². The van der Waals surface area contributed by atoms with Crippen LogP contribution in [0.2, 0.25) is 0 Å². The summed E-state index contributed by atoms with van der Waals surface area (Å²) in [5.74, 6) is -0.313. The Kier molecular flexibility index (Phi) is 4.73. The number of carbonyl (C=O) groups excluding carboxylic acids is 2. The van der Waals surface area contributed by atoms with Gasteiger partial charge in [-0.2, -0.15) is 0 Å². The lowest BCUT2D eigenvalue weighted by Gasteiger charge is -2.24. The van der Waals surface area contributed by atoms with Gasteiger partial charge in [0.2, 0.25) is 11.8 Å². The number of amides is 2. The van der Waals surface area contributed by atoms with Crippen LogP contribution in [0.25, 0.3) is 0 Å². The van der Waals surface area contributed by atoms with E-state index in [-0.39, 0.29) is 17.9 Å². The highest BCUT2D eigenvalue weighted by Gasteiger charge is 2.43. The smallest absolute Gasteiger partial charge is 0.239 e. The molecular weight excluding hydrogens is 358 g/mol. The molecule has 0 spiro atoms. The third kappa shape index (κ3) is 3.15. The Hall–Kier alpha value is -1.40. The van der Waals surface area contributed by atoms with E-state index in [4.69, 9.17) is 5.73 Å². The van der Waals surface area contributed by atoms with Crippen molar-refractivity contribution >= 4 is 33.4 Å². The summed E-state index contributed by atoms with van der Waals surface area (Å²) in [6, 6.07) is 7.80. The minimum absolute atomic E-state index is 0.0315. The molecule has 2 aliphatic heterocycles. The quantitative estimate of drug-likeness (QED) is 0.816. The van der Waals surface area contributed by atoms with Gasteiger partial charge in [0.25, 0.3) is 0 Å². The average Bonchev–Trinajstić information content (AvgIpc) is 3.09. The largest absolute Gasteiger partial charge is 0.339 e. The molecule has 3 unspecified atom stereocenters. The minimum Gasteiger partial charge on any atom is -0.339 e. The Bertz CT molecular complexity index is 622. The van der Waals surface area contributed by atoms with Crippen LogP contribution in [0.1, 0.15) is 19.8 Å². The van der Waals surface area contributed by atoms with Crippen LogP contribution >= 0.6 is 15.9 Å². The molecule has 5 nitrogen and oxygen atoms in total. The fourth-order valence-corrected chi connectivity index (χ4v) is 4.02. The maximum Gasteiger partial charge on any atom is 0.239 e. The van der Waals surface area contributed by atoms with Crippen LogP contribution < -0.4 is 10.6 Å². The molecule has 0 saturated carbocycles. The Morgan fingerprint density at radius 1 is 1.43 bits per heavy atom. The maximum atomic E-state index is 12.8. The van der Waals surface area contributed by atoms with E-state index < -0.39 is 5.92 Å². The van der Waals surface area contributed by atoms with E-state index in [0.717, 1.165) is 16.6 Å². The summed E-state index contributed by atoms with van der Waals surface area (Å²) >= 11 is 3.42. The molecule has 2 amide bonds. The fraction of sp³-hybridized carbons (Fsp3) is 0.529. The van der Waals surface area contributed by atoms with E-state index in [1.165, 1.54) is 0 Å². The predicted octanol–water partition coefficient (Wildman–Crippen LogP) is 2.00. The lowest BCUT2D eigenvalue weighted by Crippen LogP contribution is -2.42. The van der Waals surface area contributed by atoms with Gasteiger partial charge in [-0.1, -0.05) is 22.0 Å². The Morgan fingerprint density at radius 2 is 2.22 bits per heavy atom. The number of nitrogens with zero attached hydrogens (tertiary/aromatic N) is 2. The number of benzene rings is 1. The summed E-state index contributed by atoms with van der Waals surface area (Å²) in [5, 5.41) is 0. The van der Waals surface area contributed by atoms with E-state index in [0.29, 0.717) is 32.0 Å². The summed E-state index contributed by atoms with van der Waals surface area (Å²) < 4.78 is 0.927. The highest BCUT2D eigenvalue weighted by atomic mass is 79.9. The summed E-state index contributed by atoms with van der Waals surface area (Å²) in [6.07, 6.45) is 1.51. The number of hydrogen-bond acceptors (Lipinski definition) is 3. The SMILES string of the molecule is CC1CC(CN)CN1C(=O)C1CCN(c2cccc(Br)c2)C1=O. The van der Waals surface area contributed by atoms with Gasteiger partial charge in [0, 0.05) is 29.3 Å². The first-order chi connectivity index (χ1) is 11.0. The Labute approximate surface area is 144 Å². The summed E-state index contributed by atoms with van der Waals surface area (Å²) in [4.78, 5) is 29.1. The second-order valence-electron chi connectivity index (χ2n) is 6.49. The van der Waals surface area contributed by atoms with Crippen molar-refractivity contribution in [3.05, 3.63) is 28.7 Å². The monoisotopic (exact) mass is 379 g/mol. The number of anilines is 1. The maximum absolute atomic E-state index is 12.8. The summed E-state index contributed by atoms with van der Waals surface area (Å²) in [6.45, 7) is 3.90. The Morgan fingerprint density at radius 3 is 2.87 bits per heavy atom. The van der Waals surface area contributed by atoms with Crippen molar-refractivity contribution in [2.24, 2.45) is 17.6 Å². The molecule has 2 aliphatic rings. The molecule has 23 heavy (non-hydrogen) atoms. The number of rotatable bonds is 3. The normalized spacial score (nSPS) is 27.8. The van der Waals surface area contributed by atoms with Crippen molar-refractivity contribution < 1.29 is 9.59 Å². The zero-order valence-electron chi connectivity index (χ0n) is 13.2. The fourth-order valence-electron chi connectivity index (χ4n) is 3.63. The molecule has 2 saturated heterocycles. The third-order valence-electron chi connectivity index (χ3n) is 4.90. The number of carbonyl (C=O) groups is 2. The Balaban J connectivity index is 1.73.